The molecular formula is C23H30IN3O2S. The number of hydrogen-bond acceptors (Lipinski definition) is 3. The molecule has 0 bridgehead atoms. The Balaban J connectivity index is 0.00000320. The van der Waals surface area contributed by atoms with E-state index in [4.69, 9.17) is 4.99 Å². The Morgan fingerprint density at radius 3 is 2.30 bits per heavy atom. The second-order valence-electron chi connectivity index (χ2n) is 7.35. The summed E-state index contributed by atoms with van der Waals surface area (Å²) in [5, 5.41) is 3.39. The summed E-state index contributed by atoms with van der Waals surface area (Å²) in [6.07, 6.45) is 4.53. The highest BCUT2D eigenvalue weighted by Crippen LogP contribution is 2.22. The van der Waals surface area contributed by atoms with Gasteiger partial charge in [-0.25, -0.2) is 13.4 Å². The molecule has 0 radical (unpaired) electrons. The lowest BCUT2D eigenvalue weighted by atomic mass is 10.00. The summed E-state index contributed by atoms with van der Waals surface area (Å²) in [5.41, 5.74) is 4.55. The van der Waals surface area contributed by atoms with E-state index in [2.05, 4.69) is 47.5 Å². The van der Waals surface area contributed by atoms with Gasteiger partial charge in [-0.2, -0.15) is 0 Å². The van der Waals surface area contributed by atoms with Gasteiger partial charge in [0.25, 0.3) is 0 Å². The molecule has 7 heteroatoms. The fraction of sp³-hybridized carbons (Fsp3) is 0.348. The maximum atomic E-state index is 11.4. The molecule has 1 aliphatic heterocycles. The minimum absolute atomic E-state index is 0. The van der Waals surface area contributed by atoms with Crippen LogP contribution in [-0.4, -0.2) is 45.2 Å². The molecule has 3 rings (SSSR count). The minimum atomic E-state index is -3.01. The van der Waals surface area contributed by atoms with Crippen LogP contribution < -0.4 is 5.32 Å². The summed E-state index contributed by atoms with van der Waals surface area (Å²) in [6.45, 7) is 5.22. The molecule has 0 spiro atoms. The van der Waals surface area contributed by atoms with Gasteiger partial charge in [0.05, 0.1) is 12.3 Å². The van der Waals surface area contributed by atoms with Crippen LogP contribution in [0.4, 0.5) is 0 Å². The Labute approximate surface area is 197 Å². The van der Waals surface area contributed by atoms with Crippen molar-refractivity contribution in [3.8, 4) is 0 Å². The molecule has 0 atom stereocenters. The molecule has 5 nitrogen and oxygen atoms in total. The fourth-order valence-electron chi connectivity index (χ4n) is 3.41. The van der Waals surface area contributed by atoms with Crippen LogP contribution in [0.25, 0.3) is 5.57 Å². The van der Waals surface area contributed by atoms with Gasteiger partial charge in [-0.1, -0.05) is 60.7 Å². The summed E-state index contributed by atoms with van der Waals surface area (Å²) in [6, 6.07) is 18.2. The molecule has 1 N–H and O–H groups in total. The van der Waals surface area contributed by atoms with Crippen molar-refractivity contribution in [1.29, 1.82) is 0 Å². The molecule has 0 saturated heterocycles. The predicted octanol–water partition coefficient (Wildman–Crippen LogP) is 4.10. The SMILES string of the molecule is CCNC(=NCc1ccc(CS(C)(=O)=O)cc1)N1CC=C(c2ccccc2)CC1.I. The third-order valence-electron chi connectivity index (χ3n) is 4.85. The number of nitrogens with zero attached hydrogens (tertiary/aromatic N) is 2. The second-order valence-corrected chi connectivity index (χ2v) is 9.49. The first-order valence-electron chi connectivity index (χ1n) is 9.98. The molecule has 162 valence electrons. The second kappa shape index (κ2) is 11.5. The van der Waals surface area contributed by atoms with Gasteiger partial charge in [-0.3, -0.25) is 0 Å². The standard InChI is InChI=1S/C23H29N3O2S.HI/c1-3-24-23(25-17-19-9-11-20(12-10-19)18-29(2,27)28)26-15-13-22(14-16-26)21-7-5-4-6-8-21;/h4-13H,3,14-18H2,1-2H3,(H,24,25);1H. The maximum absolute atomic E-state index is 11.4. The number of nitrogens with one attached hydrogen (secondary N) is 1. The minimum Gasteiger partial charge on any atom is -0.356 e. The number of aliphatic imine (C=N–C) groups is 1. The zero-order valence-electron chi connectivity index (χ0n) is 17.5. The number of benzene rings is 2. The molecule has 1 heterocycles. The van der Waals surface area contributed by atoms with Crippen LogP contribution in [0.3, 0.4) is 0 Å². The van der Waals surface area contributed by atoms with Crippen molar-refractivity contribution in [2.24, 2.45) is 4.99 Å². The smallest absolute Gasteiger partial charge is 0.194 e. The molecule has 0 unspecified atom stereocenters. The average Bonchev–Trinajstić information content (AvgIpc) is 2.72. The summed E-state index contributed by atoms with van der Waals surface area (Å²) in [7, 11) is -3.01. The summed E-state index contributed by atoms with van der Waals surface area (Å²) in [5.74, 6) is 0.986. The third-order valence-corrected chi connectivity index (χ3v) is 5.71. The highest BCUT2D eigenvalue weighted by Gasteiger charge is 2.16. The van der Waals surface area contributed by atoms with Crippen LogP contribution in [0.1, 0.15) is 30.0 Å². The lowest BCUT2D eigenvalue weighted by molar-refractivity contribution is 0.440. The number of sulfone groups is 1. The molecule has 0 saturated carbocycles. The van der Waals surface area contributed by atoms with E-state index in [1.165, 1.54) is 17.4 Å². The van der Waals surface area contributed by atoms with Gasteiger partial charge in [0, 0.05) is 25.9 Å². The topological polar surface area (TPSA) is 61.8 Å². The van der Waals surface area contributed by atoms with Gasteiger partial charge < -0.3 is 10.2 Å². The highest BCUT2D eigenvalue weighted by atomic mass is 127. The van der Waals surface area contributed by atoms with Crippen molar-refractivity contribution < 1.29 is 8.42 Å². The zero-order valence-corrected chi connectivity index (χ0v) is 20.7. The molecule has 2 aromatic rings. The van der Waals surface area contributed by atoms with Crippen LogP contribution in [0.5, 0.6) is 0 Å². The maximum Gasteiger partial charge on any atom is 0.194 e. The number of hydrogen-bond donors (Lipinski definition) is 1. The van der Waals surface area contributed by atoms with E-state index in [1.54, 1.807) is 0 Å². The summed E-state index contributed by atoms with van der Waals surface area (Å²) < 4.78 is 22.8. The molecule has 0 aliphatic carbocycles. The Bertz CT molecular complexity index is 971. The Hall–Kier alpha value is -1.87. The van der Waals surface area contributed by atoms with Gasteiger partial charge in [0.1, 0.15) is 0 Å². The Kier molecular flexibility index (Phi) is 9.36. The van der Waals surface area contributed by atoms with Gasteiger partial charge in [0.15, 0.2) is 15.8 Å². The molecule has 30 heavy (non-hydrogen) atoms. The van der Waals surface area contributed by atoms with E-state index in [0.29, 0.717) is 6.54 Å². The van der Waals surface area contributed by atoms with Crippen LogP contribution >= 0.6 is 24.0 Å². The van der Waals surface area contributed by atoms with Crippen LogP contribution in [-0.2, 0) is 22.1 Å². The van der Waals surface area contributed by atoms with Gasteiger partial charge in [-0.05, 0) is 35.6 Å². The van der Waals surface area contributed by atoms with Crippen molar-refractivity contribution in [3.63, 3.8) is 0 Å². The van der Waals surface area contributed by atoms with Crippen LogP contribution in [0.2, 0.25) is 0 Å². The molecule has 0 aromatic heterocycles. The first-order chi connectivity index (χ1) is 13.9. The third kappa shape index (κ3) is 7.43. The van der Waals surface area contributed by atoms with Crippen molar-refractivity contribution in [2.75, 3.05) is 25.9 Å². The summed E-state index contributed by atoms with van der Waals surface area (Å²) in [4.78, 5) is 7.07. The predicted molar refractivity (Wildman–Crippen MR) is 136 cm³/mol. The quantitative estimate of drug-likeness (QED) is 0.341. The van der Waals surface area contributed by atoms with E-state index < -0.39 is 9.84 Å². The average molecular weight is 539 g/mol. The monoisotopic (exact) mass is 539 g/mol. The molecule has 1 aliphatic rings. The van der Waals surface area contributed by atoms with E-state index in [0.717, 1.165) is 43.1 Å². The van der Waals surface area contributed by atoms with Crippen molar-refractivity contribution >= 4 is 45.3 Å². The first-order valence-corrected chi connectivity index (χ1v) is 12.0. The largest absolute Gasteiger partial charge is 0.356 e. The van der Waals surface area contributed by atoms with Crippen molar-refractivity contribution in [2.45, 2.75) is 25.6 Å². The van der Waals surface area contributed by atoms with Crippen molar-refractivity contribution in [3.05, 3.63) is 77.4 Å². The van der Waals surface area contributed by atoms with Crippen LogP contribution in [0.15, 0.2) is 65.7 Å². The van der Waals surface area contributed by atoms with E-state index in [-0.39, 0.29) is 29.7 Å². The lowest BCUT2D eigenvalue weighted by Gasteiger charge is -2.30. The molecule has 2 aromatic carbocycles. The Morgan fingerprint density at radius 2 is 1.73 bits per heavy atom. The van der Waals surface area contributed by atoms with Gasteiger partial charge in [0.2, 0.25) is 0 Å². The lowest BCUT2D eigenvalue weighted by Crippen LogP contribution is -2.43. The van der Waals surface area contributed by atoms with E-state index in [9.17, 15) is 8.42 Å². The van der Waals surface area contributed by atoms with E-state index >= 15 is 0 Å². The molecule has 0 amide bonds. The van der Waals surface area contributed by atoms with Gasteiger partial charge >= 0.3 is 0 Å². The number of guanidine groups is 1. The van der Waals surface area contributed by atoms with Crippen molar-refractivity contribution in [1.82, 2.24) is 10.2 Å². The van der Waals surface area contributed by atoms with E-state index in [1.807, 2.05) is 30.3 Å². The summed E-state index contributed by atoms with van der Waals surface area (Å²) >= 11 is 0. The number of halogens is 1. The molecule has 0 fully saturated rings. The first kappa shape index (κ1) is 24.4. The zero-order chi connectivity index (χ0) is 20.7. The fourth-order valence-corrected chi connectivity index (χ4v) is 4.21. The highest BCUT2D eigenvalue weighted by molar-refractivity contribution is 14.0. The van der Waals surface area contributed by atoms with Crippen LogP contribution in [0, 0.1) is 0 Å². The molecular weight excluding hydrogens is 509 g/mol. The van der Waals surface area contributed by atoms with Gasteiger partial charge in [-0.15, -0.1) is 24.0 Å². The normalized spacial score (nSPS) is 14.7. The number of rotatable bonds is 6. The Morgan fingerprint density at radius 1 is 1.07 bits per heavy atom.